The van der Waals surface area contributed by atoms with Crippen LogP contribution < -0.4 is 4.90 Å². The molecule has 1 atom stereocenters. The van der Waals surface area contributed by atoms with Crippen molar-refractivity contribution < 1.29 is 8.76 Å². The number of aromatic nitrogens is 4. The molecule has 0 saturated carbocycles. The molecule has 3 heterocycles. The van der Waals surface area contributed by atoms with E-state index in [1.165, 1.54) is 4.68 Å². The second-order valence-corrected chi connectivity index (χ2v) is 8.90. The standard InChI is InChI=1S/C23H26N8O2S/c1-6-30(7-2)16-8-9-17(14(3)10-16)25-21-20(13-34(32)33)28-31-22(19(12-24)26-23(21)31)18-11-15(4)29(5)27-18/h8-11H,6-7,13H2,1-5H3,(H,32,33). The number of anilines is 1. The van der Waals surface area contributed by atoms with Gasteiger partial charge >= 0.3 is 0 Å². The highest BCUT2D eigenvalue weighted by atomic mass is 32.2. The zero-order valence-electron chi connectivity index (χ0n) is 19.8. The quantitative estimate of drug-likeness (QED) is 0.520. The molecule has 176 valence electrons. The highest BCUT2D eigenvalue weighted by molar-refractivity contribution is 7.80. The van der Waals surface area contributed by atoms with Crippen LogP contribution in [0, 0.1) is 25.2 Å². The molecule has 0 aliphatic carbocycles. The molecule has 10 nitrogen and oxygen atoms in total. The van der Waals surface area contributed by atoms with Crippen molar-refractivity contribution in [3.8, 4) is 17.5 Å². The Bertz CT molecular complexity index is 1370. The van der Waals surface area contributed by atoms with Crippen LogP contribution in [-0.4, -0.2) is 58.5 Å². The summed E-state index contributed by atoms with van der Waals surface area (Å²) in [6.07, 6.45) is 0. The molecule has 0 radical (unpaired) electrons. The SMILES string of the molecule is CCN(CC)c1ccc(N=C2C(CS(=O)O)=Nn3c2nc(C#N)c3-c2cc(C)n(C)n2)c(C)c1. The molecule has 0 spiro atoms. The van der Waals surface area contributed by atoms with Crippen molar-refractivity contribution in [3.05, 3.63) is 47.0 Å². The van der Waals surface area contributed by atoms with Crippen molar-refractivity contribution in [2.75, 3.05) is 23.7 Å². The lowest BCUT2D eigenvalue weighted by atomic mass is 10.1. The largest absolute Gasteiger partial charge is 0.372 e. The average molecular weight is 479 g/mol. The number of benzene rings is 1. The van der Waals surface area contributed by atoms with Gasteiger partial charge in [-0.3, -0.25) is 4.68 Å². The summed E-state index contributed by atoms with van der Waals surface area (Å²) in [6.45, 7) is 9.88. The van der Waals surface area contributed by atoms with Crippen molar-refractivity contribution in [1.29, 1.82) is 5.26 Å². The van der Waals surface area contributed by atoms with E-state index in [0.717, 1.165) is 30.0 Å². The van der Waals surface area contributed by atoms with Gasteiger partial charge in [-0.2, -0.15) is 15.5 Å². The van der Waals surface area contributed by atoms with Gasteiger partial charge in [0.2, 0.25) is 0 Å². The molecule has 4 rings (SSSR count). The number of aryl methyl sites for hydroxylation is 3. The molecule has 2 aromatic heterocycles. The maximum absolute atomic E-state index is 11.7. The Kier molecular flexibility index (Phi) is 6.45. The first kappa shape index (κ1) is 23.5. The number of nitrogens with zero attached hydrogens (tertiary/aromatic N) is 8. The number of fused-ring (bicyclic) bond motifs is 1. The summed E-state index contributed by atoms with van der Waals surface area (Å²) in [5.74, 6) is 0.143. The number of nitriles is 1. The van der Waals surface area contributed by atoms with Crippen LogP contribution in [-0.2, 0) is 18.1 Å². The van der Waals surface area contributed by atoms with Gasteiger partial charge in [-0.25, -0.2) is 18.9 Å². The van der Waals surface area contributed by atoms with E-state index in [1.807, 2.05) is 39.1 Å². The molecule has 0 fully saturated rings. The van der Waals surface area contributed by atoms with Gasteiger partial charge in [0.05, 0.1) is 11.4 Å². The Balaban J connectivity index is 1.87. The molecular weight excluding hydrogens is 452 g/mol. The lowest BCUT2D eigenvalue weighted by Gasteiger charge is -2.21. The Hall–Kier alpha value is -3.62. The van der Waals surface area contributed by atoms with Crippen molar-refractivity contribution in [3.63, 3.8) is 0 Å². The topological polar surface area (TPSA) is 125 Å². The monoisotopic (exact) mass is 478 g/mol. The minimum absolute atomic E-state index is 0.169. The fourth-order valence-electron chi connectivity index (χ4n) is 3.94. The maximum Gasteiger partial charge on any atom is 0.183 e. The van der Waals surface area contributed by atoms with Crippen molar-refractivity contribution in [2.24, 2.45) is 17.1 Å². The smallest absolute Gasteiger partial charge is 0.183 e. The van der Waals surface area contributed by atoms with Gasteiger partial charge in [0.1, 0.15) is 28.9 Å². The van der Waals surface area contributed by atoms with E-state index in [4.69, 9.17) is 4.99 Å². The molecule has 1 unspecified atom stereocenters. The minimum Gasteiger partial charge on any atom is -0.372 e. The average Bonchev–Trinajstić information content (AvgIpc) is 3.42. The predicted octanol–water partition coefficient (Wildman–Crippen LogP) is 3.18. The van der Waals surface area contributed by atoms with Crippen LogP contribution in [0.5, 0.6) is 0 Å². The van der Waals surface area contributed by atoms with Crippen LogP contribution in [0.3, 0.4) is 0 Å². The predicted molar refractivity (Wildman–Crippen MR) is 133 cm³/mol. The van der Waals surface area contributed by atoms with Crippen molar-refractivity contribution >= 4 is 33.9 Å². The second kappa shape index (κ2) is 9.32. The highest BCUT2D eigenvalue weighted by Crippen LogP contribution is 2.31. The van der Waals surface area contributed by atoms with E-state index < -0.39 is 11.1 Å². The summed E-state index contributed by atoms with van der Waals surface area (Å²) in [5, 5.41) is 18.7. The van der Waals surface area contributed by atoms with E-state index in [0.29, 0.717) is 34.3 Å². The van der Waals surface area contributed by atoms with Gasteiger partial charge in [0, 0.05) is 31.5 Å². The van der Waals surface area contributed by atoms with Crippen LogP contribution >= 0.6 is 0 Å². The first-order chi connectivity index (χ1) is 16.3. The highest BCUT2D eigenvalue weighted by Gasteiger charge is 2.32. The van der Waals surface area contributed by atoms with E-state index in [9.17, 15) is 14.0 Å². The molecule has 1 N–H and O–H groups in total. The van der Waals surface area contributed by atoms with Crippen molar-refractivity contribution in [1.82, 2.24) is 19.4 Å². The Labute approximate surface area is 200 Å². The fraction of sp³-hybridized carbons (Fsp3) is 0.348. The fourth-order valence-corrected chi connectivity index (χ4v) is 4.37. The summed E-state index contributed by atoms with van der Waals surface area (Å²) < 4.78 is 24.5. The number of rotatable bonds is 7. The second-order valence-electron chi connectivity index (χ2n) is 7.97. The lowest BCUT2D eigenvalue weighted by molar-refractivity contribution is 0.568. The van der Waals surface area contributed by atoms with Gasteiger partial charge in [-0.15, -0.1) is 0 Å². The molecule has 0 saturated heterocycles. The zero-order valence-corrected chi connectivity index (χ0v) is 20.6. The van der Waals surface area contributed by atoms with Crippen LogP contribution in [0.4, 0.5) is 11.4 Å². The molecule has 11 heteroatoms. The minimum atomic E-state index is -2.13. The van der Waals surface area contributed by atoms with E-state index >= 15 is 0 Å². The molecule has 1 aromatic carbocycles. The van der Waals surface area contributed by atoms with Gasteiger partial charge in [0.25, 0.3) is 0 Å². The van der Waals surface area contributed by atoms with Gasteiger partial charge in [0.15, 0.2) is 22.6 Å². The van der Waals surface area contributed by atoms with Gasteiger partial charge < -0.3 is 9.45 Å². The first-order valence-electron chi connectivity index (χ1n) is 10.9. The van der Waals surface area contributed by atoms with Crippen molar-refractivity contribution in [2.45, 2.75) is 27.7 Å². The Morgan fingerprint density at radius 3 is 2.53 bits per heavy atom. The van der Waals surface area contributed by atoms with E-state index in [1.54, 1.807) is 4.68 Å². The molecule has 0 bridgehead atoms. The summed E-state index contributed by atoms with van der Waals surface area (Å²) in [4.78, 5) is 11.5. The van der Waals surface area contributed by atoms with E-state index in [2.05, 4.69) is 46.1 Å². The number of imidazole rings is 1. The molecule has 3 aromatic rings. The Morgan fingerprint density at radius 2 is 1.97 bits per heavy atom. The number of hydrogen-bond donors (Lipinski definition) is 1. The maximum atomic E-state index is 11.7. The van der Waals surface area contributed by atoms with Crippen LogP contribution in [0.2, 0.25) is 0 Å². The van der Waals surface area contributed by atoms with Crippen LogP contribution in [0.1, 0.15) is 36.6 Å². The first-order valence-corrected chi connectivity index (χ1v) is 12.2. The molecule has 34 heavy (non-hydrogen) atoms. The van der Waals surface area contributed by atoms with Crippen LogP contribution in [0.15, 0.2) is 34.4 Å². The third-order valence-corrected chi connectivity index (χ3v) is 6.34. The number of aliphatic imine (C=N–C) groups is 1. The summed E-state index contributed by atoms with van der Waals surface area (Å²) in [7, 11) is 1.81. The third kappa shape index (κ3) is 4.18. The third-order valence-electron chi connectivity index (χ3n) is 5.82. The van der Waals surface area contributed by atoms with E-state index in [-0.39, 0.29) is 11.4 Å². The summed E-state index contributed by atoms with van der Waals surface area (Å²) in [6, 6.07) is 9.95. The summed E-state index contributed by atoms with van der Waals surface area (Å²) >= 11 is -2.13. The zero-order chi connectivity index (χ0) is 24.6. The molecule has 1 aliphatic rings. The Morgan fingerprint density at radius 1 is 1.24 bits per heavy atom. The molecular formula is C23H26N8O2S. The normalized spacial score (nSPS) is 14.7. The number of hydrogen-bond acceptors (Lipinski definition) is 7. The van der Waals surface area contributed by atoms with Gasteiger partial charge in [-0.05, 0) is 57.5 Å². The lowest BCUT2D eigenvalue weighted by Crippen LogP contribution is -2.21. The molecule has 0 amide bonds. The molecule has 1 aliphatic heterocycles. The summed E-state index contributed by atoms with van der Waals surface area (Å²) in [5.41, 5.74) is 5.51. The van der Waals surface area contributed by atoms with Gasteiger partial charge in [-0.1, -0.05) is 0 Å². The van der Waals surface area contributed by atoms with Crippen LogP contribution in [0.25, 0.3) is 11.4 Å².